The molecule has 4 nitrogen and oxygen atoms in total. The van der Waals surface area contributed by atoms with Crippen molar-refractivity contribution in [2.75, 3.05) is 0 Å². The Balaban J connectivity index is 1.72. The van der Waals surface area contributed by atoms with Crippen LogP contribution in [0.25, 0.3) is 34.1 Å². The molecule has 0 radical (unpaired) electrons. The van der Waals surface area contributed by atoms with E-state index >= 15 is 0 Å². The van der Waals surface area contributed by atoms with Crippen molar-refractivity contribution in [1.82, 2.24) is 15.1 Å². The highest BCUT2D eigenvalue weighted by molar-refractivity contribution is 7.09. The minimum atomic E-state index is 0.408. The van der Waals surface area contributed by atoms with Gasteiger partial charge in [-0.05, 0) is 25.1 Å². The molecule has 0 aliphatic rings. The molecule has 4 aromatic rings. The summed E-state index contributed by atoms with van der Waals surface area (Å²) in [5.74, 6) is 0.934. The van der Waals surface area contributed by atoms with Gasteiger partial charge >= 0.3 is 0 Å². The van der Waals surface area contributed by atoms with Crippen LogP contribution in [0.4, 0.5) is 0 Å². The van der Waals surface area contributed by atoms with E-state index in [0.29, 0.717) is 16.7 Å². The lowest BCUT2D eigenvalue weighted by Crippen LogP contribution is -1.84. The van der Waals surface area contributed by atoms with Gasteiger partial charge in [0.25, 0.3) is 5.89 Å². The fraction of sp³-hybridized carbons (Fsp3) is 0.0556. The fourth-order valence-electron chi connectivity index (χ4n) is 2.40. The first-order valence-corrected chi connectivity index (χ1v) is 8.58. The molecule has 2 aromatic heterocycles. The van der Waals surface area contributed by atoms with Crippen molar-refractivity contribution in [2.45, 2.75) is 6.92 Å². The number of rotatable bonds is 3. The maximum absolute atomic E-state index is 6.19. The zero-order valence-corrected chi connectivity index (χ0v) is 14.3. The van der Waals surface area contributed by atoms with Crippen molar-refractivity contribution in [2.24, 2.45) is 0 Å². The van der Waals surface area contributed by atoms with E-state index in [4.69, 9.17) is 16.1 Å². The van der Waals surface area contributed by atoms with E-state index in [9.17, 15) is 0 Å². The number of halogens is 1. The van der Waals surface area contributed by atoms with Gasteiger partial charge in [-0.25, -0.2) is 4.98 Å². The molecule has 0 aliphatic carbocycles. The Morgan fingerprint density at radius 3 is 2.62 bits per heavy atom. The standard InChI is InChI=1S/C18H12ClN3OS/c1-11-20-16(10-24-11)12-5-4-6-13(9-12)17-21-18(23-22-17)14-7-2-3-8-15(14)19/h2-10H,1H3. The van der Waals surface area contributed by atoms with Crippen LogP contribution in [-0.4, -0.2) is 15.1 Å². The highest BCUT2D eigenvalue weighted by Gasteiger charge is 2.14. The van der Waals surface area contributed by atoms with E-state index in [-0.39, 0.29) is 0 Å². The second-order valence-electron chi connectivity index (χ2n) is 5.24. The van der Waals surface area contributed by atoms with Gasteiger partial charge in [0, 0.05) is 16.5 Å². The zero-order valence-electron chi connectivity index (χ0n) is 12.7. The van der Waals surface area contributed by atoms with Crippen molar-refractivity contribution in [3.05, 3.63) is 63.9 Å². The molecular weight excluding hydrogens is 342 g/mol. The topological polar surface area (TPSA) is 51.8 Å². The molecule has 0 atom stereocenters. The lowest BCUT2D eigenvalue weighted by molar-refractivity contribution is 0.432. The highest BCUT2D eigenvalue weighted by atomic mass is 35.5. The number of hydrogen-bond donors (Lipinski definition) is 0. The maximum Gasteiger partial charge on any atom is 0.259 e. The maximum atomic E-state index is 6.19. The summed E-state index contributed by atoms with van der Waals surface area (Å²) in [6.45, 7) is 1.99. The monoisotopic (exact) mass is 353 g/mol. The summed E-state index contributed by atoms with van der Waals surface area (Å²) in [6, 6.07) is 15.3. The normalized spacial score (nSPS) is 10.9. The van der Waals surface area contributed by atoms with Crippen LogP contribution in [0.1, 0.15) is 5.01 Å². The summed E-state index contributed by atoms with van der Waals surface area (Å²) in [5, 5.41) is 7.74. The molecule has 6 heteroatoms. The van der Waals surface area contributed by atoms with Crippen molar-refractivity contribution >= 4 is 22.9 Å². The van der Waals surface area contributed by atoms with Gasteiger partial charge in [0.2, 0.25) is 5.82 Å². The summed E-state index contributed by atoms with van der Waals surface area (Å²) in [5.41, 5.74) is 3.58. The van der Waals surface area contributed by atoms with Crippen molar-refractivity contribution in [3.8, 4) is 34.1 Å². The second kappa shape index (κ2) is 6.19. The smallest absolute Gasteiger partial charge is 0.259 e. The molecule has 0 unspecified atom stereocenters. The predicted molar refractivity (Wildman–Crippen MR) is 96.0 cm³/mol. The summed E-state index contributed by atoms with van der Waals surface area (Å²) < 4.78 is 5.38. The first-order valence-electron chi connectivity index (χ1n) is 7.32. The van der Waals surface area contributed by atoms with Gasteiger partial charge < -0.3 is 4.52 Å². The predicted octanol–water partition coefficient (Wildman–Crippen LogP) is 5.49. The van der Waals surface area contributed by atoms with Gasteiger partial charge in [-0.3, -0.25) is 0 Å². The molecule has 2 aromatic carbocycles. The molecule has 0 N–H and O–H groups in total. The van der Waals surface area contributed by atoms with Gasteiger partial charge in [-0.15, -0.1) is 11.3 Å². The third kappa shape index (κ3) is 2.84. The molecule has 0 saturated carbocycles. The van der Waals surface area contributed by atoms with Crippen molar-refractivity contribution < 1.29 is 4.52 Å². The second-order valence-corrected chi connectivity index (χ2v) is 6.70. The quantitative estimate of drug-likeness (QED) is 0.488. The first kappa shape index (κ1) is 15.1. The van der Waals surface area contributed by atoms with Gasteiger partial charge in [0.15, 0.2) is 0 Å². The molecule has 2 heterocycles. The SMILES string of the molecule is Cc1nc(-c2cccc(-c3noc(-c4ccccc4Cl)n3)c2)cs1. The summed E-state index contributed by atoms with van der Waals surface area (Å²) in [6.07, 6.45) is 0. The average molecular weight is 354 g/mol. The van der Waals surface area contributed by atoms with Crippen LogP contribution in [0.15, 0.2) is 58.4 Å². The lowest BCUT2D eigenvalue weighted by Gasteiger charge is -1.99. The number of aryl methyl sites for hydroxylation is 1. The van der Waals surface area contributed by atoms with E-state index in [1.54, 1.807) is 17.4 Å². The third-order valence-electron chi connectivity index (χ3n) is 3.57. The molecule has 0 bridgehead atoms. The summed E-state index contributed by atoms with van der Waals surface area (Å²) >= 11 is 7.82. The molecule has 0 fully saturated rings. The fourth-order valence-corrected chi connectivity index (χ4v) is 3.24. The van der Waals surface area contributed by atoms with Crippen LogP contribution in [0.3, 0.4) is 0 Å². The van der Waals surface area contributed by atoms with Crippen LogP contribution in [0, 0.1) is 6.92 Å². The van der Waals surface area contributed by atoms with E-state index in [1.807, 2.05) is 54.8 Å². The minimum Gasteiger partial charge on any atom is -0.334 e. The van der Waals surface area contributed by atoms with Crippen LogP contribution in [0.2, 0.25) is 5.02 Å². The van der Waals surface area contributed by atoms with Crippen molar-refractivity contribution in [3.63, 3.8) is 0 Å². The van der Waals surface area contributed by atoms with E-state index in [0.717, 1.165) is 27.4 Å². The van der Waals surface area contributed by atoms with Crippen LogP contribution >= 0.6 is 22.9 Å². The molecule has 0 spiro atoms. The number of aromatic nitrogens is 3. The Morgan fingerprint density at radius 1 is 1.00 bits per heavy atom. The van der Waals surface area contributed by atoms with Gasteiger partial charge in [0.05, 0.1) is 21.3 Å². The molecule has 0 amide bonds. The average Bonchev–Trinajstić information content (AvgIpc) is 3.25. The summed E-state index contributed by atoms with van der Waals surface area (Å²) in [4.78, 5) is 8.99. The molecule has 0 saturated heterocycles. The Morgan fingerprint density at radius 2 is 1.83 bits per heavy atom. The largest absolute Gasteiger partial charge is 0.334 e. The van der Waals surface area contributed by atoms with Crippen molar-refractivity contribution in [1.29, 1.82) is 0 Å². The Labute approximate surface area is 147 Å². The molecule has 24 heavy (non-hydrogen) atoms. The molecule has 118 valence electrons. The highest BCUT2D eigenvalue weighted by Crippen LogP contribution is 2.30. The Hall–Kier alpha value is -2.50. The van der Waals surface area contributed by atoms with Crippen LogP contribution in [0.5, 0.6) is 0 Å². The third-order valence-corrected chi connectivity index (χ3v) is 4.67. The Bertz CT molecular complexity index is 1010. The van der Waals surface area contributed by atoms with Crippen LogP contribution < -0.4 is 0 Å². The number of benzene rings is 2. The first-order chi connectivity index (χ1) is 11.7. The van der Waals surface area contributed by atoms with Gasteiger partial charge in [-0.2, -0.15) is 4.98 Å². The zero-order chi connectivity index (χ0) is 16.5. The Kier molecular flexibility index (Phi) is 3.88. The van der Waals surface area contributed by atoms with Gasteiger partial charge in [0.1, 0.15) is 0 Å². The molecular formula is C18H12ClN3OS. The number of nitrogens with zero attached hydrogens (tertiary/aromatic N) is 3. The van der Waals surface area contributed by atoms with E-state index < -0.39 is 0 Å². The molecule has 4 rings (SSSR count). The number of thiazole rings is 1. The van der Waals surface area contributed by atoms with Gasteiger partial charge in [-0.1, -0.05) is 47.1 Å². The van der Waals surface area contributed by atoms with Crippen LogP contribution in [-0.2, 0) is 0 Å². The minimum absolute atomic E-state index is 0.408. The summed E-state index contributed by atoms with van der Waals surface area (Å²) in [7, 11) is 0. The molecule has 0 aliphatic heterocycles. The number of hydrogen-bond acceptors (Lipinski definition) is 5. The van der Waals surface area contributed by atoms with E-state index in [1.165, 1.54) is 0 Å². The lowest BCUT2D eigenvalue weighted by atomic mass is 10.1. The van der Waals surface area contributed by atoms with E-state index in [2.05, 4.69) is 15.1 Å².